The van der Waals surface area contributed by atoms with Crippen LogP contribution in [0.1, 0.15) is 27.2 Å². The van der Waals surface area contributed by atoms with Crippen molar-refractivity contribution >= 4 is 17.7 Å². The van der Waals surface area contributed by atoms with Crippen LogP contribution in [0.5, 0.6) is 0 Å². The van der Waals surface area contributed by atoms with E-state index in [-0.39, 0.29) is 0 Å². The summed E-state index contributed by atoms with van der Waals surface area (Å²) >= 11 is 2.05. The number of nitrogens with two attached hydrogens (primary N) is 1. The fraction of sp³-hybridized carbons (Fsp3) is 0.900. The van der Waals surface area contributed by atoms with Crippen molar-refractivity contribution in [3.63, 3.8) is 0 Å². The number of aliphatic imine (C=N–C) groups is 1. The topological polar surface area (TPSA) is 41.6 Å². The first-order chi connectivity index (χ1) is 6.63. The number of nitrogens with zero attached hydrogens (tertiary/aromatic N) is 2. The van der Waals surface area contributed by atoms with Crippen molar-refractivity contribution in [2.45, 2.75) is 38.5 Å². The van der Waals surface area contributed by atoms with E-state index in [4.69, 9.17) is 5.73 Å². The molecule has 1 unspecified atom stereocenters. The molecule has 1 saturated heterocycles. The normalized spacial score (nSPS) is 24.4. The SMILES string of the molecule is CCC1CN(C(N)=NC(C)C)CCS1. The summed E-state index contributed by atoms with van der Waals surface area (Å²) in [5.74, 6) is 1.89. The predicted molar refractivity (Wildman–Crippen MR) is 64.9 cm³/mol. The van der Waals surface area contributed by atoms with E-state index in [0.29, 0.717) is 6.04 Å². The highest BCUT2D eigenvalue weighted by Gasteiger charge is 2.20. The van der Waals surface area contributed by atoms with Crippen molar-refractivity contribution in [3.8, 4) is 0 Å². The number of rotatable bonds is 2. The van der Waals surface area contributed by atoms with Gasteiger partial charge in [-0.15, -0.1) is 0 Å². The summed E-state index contributed by atoms with van der Waals surface area (Å²) in [6.45, 7) is 8.45. The summed E-state index contributed by atoms with van der Waals surface area (Å²) in [6.07, 6.45) is 1.22. The summed E-state index contributed by atoms with van der Waals surface area (Å²) < 4.78 is 0. The van der Waals surface area contributed by atoms with Crippen LogP contribution in [-0.4, -0.2) is 41.0 Å². The van der Waals surface area contributed by atoms with E-state index < -0.39 is 0 Å². The molecule has 1 aliphatic heterocycles. The Morgan fingerprint density at radius 2 is 2.36 bits per heavy atom. The third-order valence-corrected chi connectivity index (χ3v) is 3.68. The lowest BCUT2D eigenvalue weighted by Crippen LogP contribution is -2.45. The maximum atomic E-state index is 5.93. The van der Waals surface area contributed by atoms with Gasteiger partial charge in [-0.3, -0.25) is 4.99 Å². The molecule has 0 aromatic rings. The van der Waals surface area contributed by atoms with Crippen molar-refractivity contribution in [3.05, 3.63) is 0 Å². The van der Waals surface area contributed by atoms with Crippen molar-refractivity contribution in [2.24, 2.45) is 10.7 Å². The van der Waals surface area contributed by atoms with E-state index in [1.807, 2.05) is 0 Å². The molecule has 0 radical (unpaired) electrons. The van der Waals surface area contributed by atoms with Gasteiger partial charge in [0.2, 0.25) is 0 Å². The third-order valence-electron chi connectivity index (χ3n) is 2.31. The summed E-state index contributed by atoms with van der Waals surface area (Å²) in [6, 6.07) is 0.296. The van der Waals surface area contributed by atoms with Crippen molar-refractivity contribution in [1.29, 1.82) is 0 Å². The maximum absolute atomic E-state index is 5.93. The van der Waals surface area contributed by atoms with Crippen LogP contribution in [0.2, 0.25) is 0 Å². The molecule has 14 heavy (non-hydrogen) atoms. The Morgan fingerprint density at radius 1 is 1.64 bits per heavy atom. The van der Waals surface area contributed by atoms with Crippen molar-refractivity contribution in [1.82, 2.24) is 4.90 Å². The van der Waals surface area contributed by atoms with Gasteiger partial charge in [-0.1, -0.05) is 6.92 Å². The highest BCUT2D eigenvalue weighted by Crippen LogP contribution is 2.20. The Labute approximate surface area is 91.1 Å². The summed E-state index contributed by atoms with van der Waals surface area (Å²) in [4.78, 5) is 6.59. The molecule has 0 aromatic carbocycles. The van der Waals surface area contributed by atoms with Crippen molar-refractivity contribution < 1.29 is 0 Å². The average molecular weight is 215 g/mol. The second-order valence-electron chi connectivity index (χ2n) is 3.93. The molecule has 1 aliphatic rings. The van der Waals surface area contributed by atoms with E-state index in [1.54, 1.807) is 0 Å². The zero-order chi connectivity index (χ0) is 10.6. The lowest BCUT2D eigenvalue weighted by Gasteiger charge is -2.32. The fourth-order valence-electron chi connectivity index (χ4n) is 1.52. The van der Waals surface area contributed by atoms with Gasteiger partial charge in [0.1, 0.15) is 0 Å². The van der Waals surface area contributed by atoms with Gasteiger partial charge < -0.3 is 10.6 Å². The van der Waals surface area contributed by atoms with E-state index in [1.165, 1.54) is 12.2 Å². The standard InChI is InChI=1S/C10H21N3S/c1-4-9-7-13(5-6-14-9)10(11)12-8(2)3/h8-9H,4-7H2,1-3H3,(H2,11,12). The Morgan fingerprint density at radius 3 is 2.93 bits per heavy atom. The molecular weight excluding hydrogens is 194 g/mol. The number of guanidine groups is 1. The molecule has 0 saturated carbocycles. The van der Waals surface area contributed by atoms with Gasteiger partial charge >= 0.3 is 0 Å². The van der Waals surface area contributed by atoms with Crippen LogP contribution in [0.15, 0.2) is 4.99 Å². The minimum Gasteiger partial charge on any atom is -0.370 e. The molecule has 1 fully saturated rings. The van der Waals surface area contributed by atoms with Gasteiger partial charge in [0.15, 0.2) is 5.96 Å². The average Bonchev–Trinajstić information content (AvgIpc) is 2.17. The molecule has 0 amide bonds. The molecule has 1 rings (SSSR count). The Balaban J connectivity index is 2.51. The zero-order valence-electron chi connectivity index (χ0n) is 9.36. The van der Waals surface area contributed by atoms with Crippen LogP contribution in [0.3, 0.4) is 0 Å². The van der Waals surface area contributed by atoms with E-state index >= 15 is 0 Å². The molecule has 3 nitrogen and oxygen atoms in total. The first kappa shape index (κ1) is 11.7. The second-order valence-corrected chi connectivity index (χ2v) is 5.34. The number of thioether (sulfide) groups is 1. The van der Waals surface area contributed by atoms with Crippen LogP contribution in [0, 0.1) is 0 Å². The number of hydrogen-bond donors (Lipinski definition) is 1. The molecule has 0 aromatic heterocycles. The fourth-order valence-corrected chi connectivity index (χ4v) is 2.70. The quantitative estimate of drug-likeness (QED) is 0.561. The van der Waals surface area contributed by atoms with Gasteiger partial charge in [0.25, 0.3) is 0 Å². The van der Waals surface area contributed by atoms with Crippen molar-refractivity contribution in [2.75, 3.05) is 18.8 Å². The van der Waals surface area contributed by atoms with Crippen LogP contribution in [-0.2, 0) is 0 Å². The number of hydrogen-bond acceptors (Lipinski definition) is 2. The molecule has 2 N–H and O–H groups in total. The van der Waals surface area contributed by atoms with Gasteiger partial charge in [-0.2, -0.15) is 11.8 Å². The van der Waals surface area contributed by atoms with Crippen LogP contribution >= 0.6 is 11.8 Å². The summed E-state index contributed by atoms with van der Waals surface area (Å²) in [7, 11) is 0. The largest absolute Gasteiger partial charge is 0.370 e. The molecule has 0 bridgehead atoms. The molecule has 1 atom stereocenters. The van der Waals surface area contributed by atoms with Crippen LogP contribution in [0.25, 0.3) is 0 Å². The Hall–Kier alpha value is -0.380. The molecule has 0 spiro atoms. The molecule has 1 heterocycles. The first-order valence-corrected chi connectivity index (χ1v) is 6.38. The van der Waals surface area contributed by atoms with Gasteiger partial charge in [-0.05, 0) is 20.3 Å². The summed E-state index contributed by atoms with van der Waals surface area (Å²) in [5.41, 5.74) is 5.93. The van der Waals surface area contributed by atoms with Gasteiger partial charge in [0.05, 0.1) is 0 Å². The molecule has 82 valence electrons. The molecular formula is C10H21N3S. The minimum absolute atomic E-state index is 0.296. The smallest absolute Gasteiger partial charge is 0.191 e. The Kier molecular flexibility index (Phi) is 4.58. The lowest BCUT2D eigenvalue weighted by atomic mass is 10.3. The van der Waals surface area contributed by atoms with Gasteiger partial charge in [0, 0.05) is 30.1 Å². The Bertz CT molecular complexity index is 204. The molecule has 4 heteroatoms. The highest BCUT2D eigenvalue weighted by atomic mass is 32.2. The van der Waals surface area contributed by atoms with Crippen LogP contribution in [0.4, 0.5) is 0 Å². The predicted octanol–water partition coefficient (Wildman–Crippen LogP) is 1.54. The lowest BCUT2D eigenvalue weighted by molar-refractivity contribution is 0.417. The molecule has 0 aliphatic carbocycles. The van der Waals surface area contributed by atoms with Gasteiger partial charge in [-0.25, -0.2) is 0 Å². The van der Waals surface area contributed by atoms with E-state index in [0.717, 1.165) is 24.3 Å². The maximum Gasteiger partial charge on any atom is 0.191 e. The second kappa shape index (κ2) is 5.49. The first-order valence-electron chi connectivity index (χ1n) is 5.33. The monoisotopic (exact) mass is 215 g/mol. The van der Waals surface area contributed by atoms with E-state index in [2.05, 4.69) is 42.4 Å². The minimum atomic E-state index is 0.296. The van der Waals surface area contributed by atoms with Crippen LogP contribution < -0.4 is 5.73 Å². The van der Waals surface area contributed by atoms with E-state index in [9.17, 15) is 0 Å². The highest BCUT2D eigenvalue weighted by molar-refractivity contribution is 8.00. The zero-order valence-corrected chi connectivity index (χ0v) is 10.2. The summed E-state index contributed by atoms with van der Waals surface area (Å²) in [5, 5.41) is 0.727. The third kappa shape index (κ3) is 3.40.